The van der Waals surface area contributed by atoms with Gasteiger partial charge in [-0.05, 0) is 18.2 Å². The molecule has 0 aliphatic carbocycles. The van der Waals surface area contributed by atoms with Crippen molar-refractivity contribution in [2.24, 2.45) is 0 Å². The predicted octanol–water partition coefficient (Wildman–Crippen LogP) is 3.88. The molecule has 0 saturated heterocycles. The molecule has 0 aliphatic rings. The van der Waals surface area contributed by atoms with Gasteiger partial charge < -0.3 is 10.2 Å². The molecule has 0 unspecified atom stereocenters. The monoisotopic (exact) mass is 300 g/mol. The van der Waals surface area contributed by atoms with E-state index in [-0.39, 0.29) is 10.7 Å². The van der Waals surface area contributed by atoms with Gasteiger partial charge in [0.25, 0.3) is 0 Å². The van der Waals surface area contributed by atoms with Crippen molar-refractivity contribution in [3.8, 4) is 0 Å². The maximum Gasteiger partial charge on any atom is 0.234 e. The van der Waals surface area contributed by atoms with E-state index in [0.717, 1.165) is 11.4 Å². The average Bonchev–Trinajstić information content (AvgIpc) is 2.25. The van der Waals surface area contributed by atoms with E-state index >= 15 is 0 Å². The summed E-state index contributed by atoms with van der Waals surface area (Å²) in [6.07, 6.45) is 0. The number of halogens is 1. The zero-order valence-corrected chi connectivity index (χ0v) is 13.7. The van der Waals surface area contributed by atoms with Crippen LogP contribution in [0.15, 0.2) is 18.2 Å². The highest BCUT2D eigenvalue weighted by Crippen LogP contribution is 2.28. The minimum Gasteiger partial charge on any atom is -0.376 e. The van der Waals surface area contributed by atoms with Crippen LogP contribution in [0.25, 0.3) is 0 Å². The summed E-state index contributed by atoms with van der Waals surface area (Å²) in [7, 11) is 3.87. The van der Waals surface area contributed by atoms with Crippen LogP contribution in [0, 0.1) is 0 Å². The van der Waals surface area contributed by atoms with Crippen molar-refractivity contribution in [3.05, 3.63) is 23.2 Å². The minimum absolute atomic E-state index is 0.00899. The molecule has 1 N–H and O–H groups in total. The number of benzene rings is 1. The van der Waals surface area contributed by atoms with Crippen LogP contribution in [0.1, 0.15) is 20.8 Å². The predicted molar refractivity (Wildman–Crippen MR) is 86.6 cm³/mol. The van der Waals surface area contributed by atoms with Crippen molar-refractivity contribution < 1.29 is 4.79 Å². The summed E-state index contributed by atoms with van der Waals surface area (Å²) in [5.74, 6) is 0.424. The molecule has 0 bridgehead atoms. The molecule has 0 heterocycles. The van der Waals surface area contributed by atoms with E-state index in [0.29, 0.717) is 10.8 Å². The van der Waals surface area contributed by atoms with E-state index < -0.39 is 0 Å². The highest BCUT2D eigenvalue weighted by Gasteiger charge is 2.15. The van der Waals surface area contributed by atoms with Gasteiger partial charge >= 0.3 is 0 Å². The van der Waals surface area contributed by atoms with Gasteiger partial charge in [-0.15, -0.1) is 11.8 Å². The van der Waals surface area contributed by atoms with Crippen LogP contribution in [-0.2, 0) is 4.79 Å². The van der Waals surface area contributed by atoms with Crippen LogP contribution in [0.5, 0.6) is 0 Å². The summed E-state index contributed by atoms with van der Waals surface area (Å²) in [5, 5.41) is 3.53. The van der Waals surface area contributed by atoms with Crippen molar-refractivity contribution in [2.75, 3.05) is 30.1 Å². The normalized spacial score (nSPS) is 11.3. The third kappa shape index (κ3) is 5.74. The number of hydrogen-bond acceptors (Lipinski definition) is 3. The number of anilines is 2. The molecule has 1 rings (SSSR count). The molecular weight excluding hydrogens is 280 g/mol. The third-order valence-corrected chi connectivity index (χ3v) is 3.86. The number of amides is 1. The molecule has 0 aromatic heterocycles. The first-order valence-electron chi connectivity index (χ1n) is 6.10. The molecule has 1 amide bonds. The van der Waals surface area contributed by atoms with Gasteiger partial charge in [-0.3, -0.25) is 4.79 Å². The number of rotatable bonds is 4. The third-order valence-electron chi connectivity index (χ3n) is 2.35. The Kier molecular flexibility index (Phi) is 5.56. The Hall–Kier alpha value is -0.870. The maximum atomic E-state index is 12.0. The smallest absolute Gasteiger partial charge is 0.234 e. The van der Waals surface area contributed by atoms with Crippen molar-refractivity contribution in [3.63, 3.8) is 0 Å². The largest absolute Gasteiger partial charge is 0.376 e. The molecule has 1 aromatic rings. The van der Waals surface area contributed by atoms with Gasteiger partial charge in [0.2, 0.25) is 5.91 Å². The number of thioether (sulfide) groups is 1. The lowest BCUT2D eigenvalue weighted by molar-refractivity contribution is -0.113. The number of nitrogens with one attached hydrogen (secondary N) is 1. The summed E-state index contributed by atoms with van der Waals surface area (Å²) in [5.41, 5.74) is 1.69. The molecule has 1 aromatic carbocycles. The zero-order valence-electron chi connectivity index (χ0n) is 12.1. The molecule has 0 fully saturated rings. The summed E-state index contributed by atoms with van der Waals surface area (Å²) in [6.45, 7) is 6.28. The van der Waals surface area contributed by atoms with Crippen molar-refractivity contribution in [2.45, 2.75) is 25.5 Å². The molecular formula is C14H21ClN2OS. The fourth-order valence-electron chi connectivity index (χ4n) is 1.47. The molecule has 0 atom stereocenters. The second-order valence-electron chi connectivity index (χ2n) is 5.51. The molecule has 19 heavy (non-hydrogen) atoms. The van der Waals surface area contributed by atoms with Crippen LogP contribution >= 0.6 is 23.4 Å². The maximum absolute atomic E-state index is 12.0. The number of hydrogen-bond donors (Lipinski definition) is 1. The Labute approximate surface area is 124 Å². The second kappa shape index (κ2) is 6.53. The van der Waals surface area contributed by atoms with Gasteiger partial charge in [0.05, 0.1) is 17.1 Å². The molecule has 0 spiro atoms. The Balaban J connectivity index is 2.76. The van der Waals surface area contributed by atoms with Crippen molar-refractivity contribution in [1.29, 1.82) is 0 Å². The van der Waals surface area contributed by atoms with E-state index in [9.17, 15) is 4.79 Å². The van der Waals surface area contributed by atoms with Gasteiger partial charge in [0, 0.05) is 23.9 Å². The standard InChI is InChI=1S/C14H21ClN2OS/c1-14(2,3)19-9-13(18)16-11-8-10(15)6-7-12(11)17(4)5/h6-8H,9H2,1-5H3,(H,16,18). The first-order valence-corrected chi connectivity index (χ1v) is 7.46. The lowest BCUT2D eigenvalue weighted by Gasteiger charge is -2.20. The average molecular weight is 301 g/mol. The van der Waals surface area contributed by atoms with Gasteiger partial charge in [-0.2, -0.15) is 0 Å². The van der Waals surface area contributed by atoms with Crippen LogP contribution in [0.4, 0.5) is 11.4 Å². The molecule has 0 aliphatic heterocycles. The fraction of sp³-hybridized carbons (Fsp3) is 0.500. The molecule has 3 nitrogen and oxygen atoms in total. The SMILES string of the molecule is CN(C)c1ccc(Cl)cc1NC(=O)CSC(C)(C)C. The zero-order chi connectivity index (χ0) is 14.6. The molecule has 5 heteroatoms. The minimum atomic E-state index is -0.00899. The Morgan fingerprint density at radius 1 is 1.37 bits per heavy atom. The van der Waals surface area contributed by atoms with Gasteiger partial charge in [0.1, 0.15) is 0 Å². The van der Waals surface area contributed by atoms with Gasteiger partial charge in [-0.1, -0.05) is 32.4 Å². The van der Waals surface area contributed by atoms with E-state index in [4.69, 9.17) is 11.6 Å². The Morgan fingerprint density at radius 2 is 2.00 bits per heavy atom. The van der Waals surface area contributed by atoms with E-state index in [1.54, 1.807) is 17.8 Å². The quantitative estimate of drug-likeness (QED) is 0.916. The summed E-state index contributed by atoms with van der Waals surface area (Å²) in [6, 6.07) is 5.49. The highest BCUT2D eigenvalue weighted by molar-refractivity contribution is 8.01. The van der Waals surface area contributed by atoms with Crippen molar-refractivity contribution in [1.82, 2.24) is 0 Å². The molecule has 0 saturated carbocycles. The Morgan fingerprint density at radius 3 is 2.53 bits per heavy atom. The fourth-order valence-corrected chi connectivity index (χ4v) is 2.28. The molecule has 106 valence electrons. The van der Waals surface area contributed by atoms with Gasteiger partial charge in [-0.25, -0.2) is 0 Å². The summed E-state index contributed by atoms with van der Waals surface area (Å²) < 4.78 is 0.0794. The van der Waals surface area contributed by atoms with Crippen LogP contribution in [-0.4, -0.2) is 30.5 Å². The van der Waals surface area contributed by atoms with E-state index in [1.807, 2.05) is 31.1 Å². The first-order chi connectivity index (χ1) is 8.69. The number of carbonyl (C=O) groups excluding carboxylic acids is 1. The lowest BCUT2D eigenvalue weighted by atomic mass is 10.2. The van der Waals surface area contributed by atoms with E-state index in [2.05, 4.69) is 26.1 Å². The first kappa shape index (κ1) is 16.2. The van der Waals surface area contributed by atoms with Crippen LogP contribution in [0.2, 0.25) is 5.02 Å². The summed E-state index contributed by atoms with van der Waals surface area (Å²) >= 11 is 7.60. The second-order valence-corrected chi connectivity index (χ2v) is 7.74. The van der Waals surface area contributed by atoms with Crippen LogP contribution < -0.4 is 10.2 Å². The van der Waals surface area contributed by atoms with Crippen molar-refractivity contribution >= 4 is 40.6 Å². The highest BCUT2D eigenvalue weighted by atomic mass is 35.5. The number of nitrogens with zero attached hydrogens (tertiary/aromatic N) is 1. The van der Waals surface area contributed by atoms with Crippen LogP contribution in [0.3, 0.4) is 0 Å². The Bertz CT molecular complexity index is 455. The number of carbonyl (C=O) groups is 1. The molecule has 0 radical (unpaired) electrons. The lowest BCUT2D eigenvalue weighted by Crippen LogP contribution is -2.20. The summed E-state index contributed by atoms with van der Waals surface area (Å²) in [4.78, 5) is 13.9. The topological polar surface area (TPSA) is 32.3 Å². The van der Waals surface area contributed by atoms with Gasteiger partial charge in [0.15, 0.2) is 0 Å². The van der Waals surface area contributed by atoms with E-state index in [1.165, 1.54) is 0 Å².